The number of carbonyl (C=O) groups excluding carboxylic acids is 2. The zero-order valence-corrected chi connectivity index (χ0v) is 10.2. The first-order valence-electron chi connectivity index (χ1n) is 5.48. The number of halogens is 1. The molecule has 0 unspecified atom stereocenters. The number of amides is 1. The van der Waals surface area contributed by atoms with Crippen molar-refractivity contribution >= 4 is 17.4 Å². The molecule has 18 heavy (non-hydrogen) atoms. The van der Waals surface area contributed by atoms with Crippen LogP contribution in [0, 0.1) is 5.82 Å². The number of carbonyl (C=O) groups is 2. The number of hydrogen-bond donors (Lipinski definition) is 1. The number of benzene rings is 1. The molecule has 0 aliphatic carbocycles. The second-order valence-corrected chi connectivity index (χ2v) is 4.36. The van der Waals surface area contributed by atoms with Crippen molar-refractivity contribution in [3.05, 3.63) is 41.4 Å². The van der Waals surface area contributed by atoms with Gasteiger partial charge in [0.05, 0.1) is 12.1 Å². The van der Waals surface area contributed by atoms with Gasteiger partial charge in [-0.3, -0.25) is 9.59 Å². The zero-order valence-electron chi connectivity index (χ0n) is 10.2. The summed E-state index contributed by atoms with van der Waals surface area (Å²) in [6.45, 7) is 0. The second-order valence-electron chi connectivity index (χ2n) is 4.36. The molecule has 0 saturated carbocycles. The van der Waals surface area contributed by atoms with Crippen LogP contribution < -0.4 is 5.32 Å². The van der Waals surface area contributed by atoms with E-state index in [9.17, 15) is 14.0 Å². The summed E-state index contributed by atoms with van der Waals surface area (Å²) in [6, 6.07) is 3.76. The number of nitrogens with one attached hydrogen (secondary N) is 1. The number of hydrogen-bond acceptors (Lipinski definition) is 3. The van der Waals surface area contributed by atoms with Gasteiger partial charge in [-0.15, -0.1) is 0 Å². The molecule has 0 bridgehead atoms. The summed E-state index contributed by atoms with van der Waals surface area (Å²) in [5, 5.41) is 2.60. The molecule has 5 heteroatoms. The standard InChI is InChI=1S/C13H13FN2O2/c1-16(2)7-8-5-12(17)15-11-4-3-9(14)6-10(11)13(8)18/h3-4,6-7H,5H2,1-2H3,(H,15,17)/b8-7-. The molecule has 4 nitrogen and oxygen atoms in total. The van der Waals surface area contributed by atoms with Gasteiger partial charge in [0.25, 0.3) is 0 Å². The number of ketones is 1. The summed E-state index contributed by atoms with van der Waals surface area (Å²) in [7, 11) is 3.52. The highest BCUT2D eigenvalue weighted by Gasteiger charge is 2.24. The Balaban J connectivity index is 2.54. The molecule has 0 fully saturated rings. The van der Waals surface area contributed by atoms with E-state index >= 15 is 0 Å². The average Bonchev–Trinajstić information content (AvgIpc) is 2.38. The van der Waals surface area contributed by atoms with Crippen LogP contribution in [0.5, 0.6) is 0 Å². The molecule has 1 aliphatic rings. The van der Waals surface area contributed by atoms with E-state index in [1.165, 1.54) is 12.1 Å². The lowest BCUT2D eigenvalue weighted by molar-refractivity contribution is -0.115. The van der Waals surface area contributed by atoms with Crippen molar-refractivity contribution in [1.82, 2.24) is 4.90 Å². The Bertz CT molecular complexity index is 550. The molecule has 1 amide bonds. The number of Topliss-reactive ketones (excluding diaryl/α,β-unsaturated/α-hetero) is 1. The Morgan fingerprint density at radius 1 is 1.33 bits per heavy atom. The van der Waals surface area contributed by atoms with Gasteiger partial charge >= 0.3 is 0 Å². The van der Waals surface area contributed by atoms with Gasteiger partial charge in [-0.2, -0.15) is 0 Å². The molecule has 0 saturated heterocycles. The summed E-state index contributed by atoms with van der Waals surface area (Å²) in [5.74, 6) is -1.10. The second kappa shape index (κ2) is 4.60. The first-order chi connectivity index (χ1) is 8.47. The summed E-state index contributed by atoms with van der Waals surface area (Å²) in [4.78, 5) is 25.6. The minimum absolute atomic E-state index is 0.00663. The molecule has 1 heterocycles. The molecular weight excluding hydrogens is 235 g/mol. The molecule has 1 aliphatic heterocycles. The van der Waals surface area contributed by atoms with Gasteiger partial charge < -0.3 is 10.2 Å². The van der Waals surface area contributed by atoms with Gasteiger partial charge in [-0.05, 0) is 18.2 Å². The van der Waals surface area contributed by atoms with Crippen molar-refractivity contribution in [2.24, 2.45) is 0 Å². The molecular formula is C13H13FN2O2. The molecule has 2 rings (SSSR count). The van der Waals surface area contributed by atoms with E-state index in [0.29, 0.717) is 11.3 Å². The third-order valence-electron chi connectivity index (χ3n) is 2.56. The molecule has 0 radical (unpaired) electrons. The maximum Gasteiger partial charge on any atom is 0.229 e. The third kappa shape index (κ3) is 2.40. The van der Waals surface area contributed by atoms with Crippen LogP contribution in [0.1, 0.15) is 16.8 Å². The van der Waals surface area contributed by atoms with E-state index in [2.05, 4.69) is 5.32 Å². The normalized spacial score (nSPS) is 17.2. The molecule has 0 spiro atoms. The van der Waals surface area contributed by atoms with Crippen molar-refractivity contribution in [2.45, 2.75) is 6.42 Å². The fourth-order valence-corrected chi connectivity index (χ4v) is 1.85. The molecule has 0 atom stereocenters. The molecule has 1 N–H and O–H groups in total. The summed E-state index contributed by atoms with van der Waals surface area (Å²) < 4.78 is 13.2. The first-order valence-corrected chi connectivity index (χ1v) is 5.48. The quantitative estimate of drug-likeness (QED) is 0.771. The van der Waals surface area contributed by atoms with Crippen molar-refractivity contribution in [3.8, 4) is 0 Å². The van der Waals surface area contributed by atoms with Gasteiger partial charge in [-0.1, -0.05) is 0 Å². The Labute approximate surface area is 104 Å². The Morgan fingerprint density at radius 2 is 2.06 bits per heavy atom. The van der Waals surface area contributed by atoms with Gasteiger partial charge in [0, 0.05) is 31.4 Å². The van der Waals surface area contributed by atoms with Crippen LogP contribution in [0.4, 0.5) is 10.1 Å². The van der Waals surface area contributed by atoms with Crippen molar-refractivity contribution < 1.29 is 14.0 Å². The summed E-state index contributed by atoms with van der Waals surface area (Å²) >= 11 is 0. The van der Waals surface area contributed by atoms with Gasteiger partial charge in [0.1, 0.15) is 5.82 Å². The van der Waals surface area contributed by atoms with Gasteiger partial charge in [0.15, 0.2) is 5.78 Å². The number of nitrogens with zero attached hydrogens (tertiary/aromatic N) is 1. The topological polar surface area (TPSA) is 49.4 Å². The van der Waals surface area contributed by atoms with Crippen LogP contribution in [0.25, 0.3) is 0 Å². The Kier molecular flexibility index (Phi) is 3.14. The SMILES string of the molecule is CN(C)/C=C1/CC(=O)Nc2ccc(F)cc2C1=O. The van der Waals surface area contributed by atoms with E-state index in [-0.39, 0.29) is 23.7 Å². The van der Waals surface area contributed by atoms with E-state index in [1.54, 1.807) is 25.2 Å². The third-order valence-corrected chi connectivity index (χ3v) is 2.56. The van der Waals surface area contributed by atoms with Crippen molar-refractivity contribution in [3.63, 3.8) is 0 Å². The fourth-order valence-electron chi connectivity index (χ4n) is 1.85. The lowest BCUT2D eigenvalue weighted by atomic mass is 10.0. The largest absolute Gasteiger partial charge is 0.383 e. The fraction of sp³-hybridized carbons (Fsp3) is 0.231. The average molecular weight is 248 g/mol. The maximum absolute atomic E-state index is 13.2. The minimum Gasteiger partial charge on any atom is -0.383 e. The van der Waals surface area contributed by atoms with E-state index < -0.39 is 5.82 Å². The lowest BCUT2D eigenvalue weighted by Gasteiger charge is -2.08. The smallest absolute Gasteiger partial charge is 0.229 e. The maximum atomic E-state index is 13.2. The highest BCUT2D eigenvalue weighted by molar-refractivity contribution is 6.18. The van der Waals surface area contributed by atoms with Gasteiger partial charge in [-0.25, -0.2) is 4.39 Å². The number of anilines is 1. The highest BCUT2D eigenvalue weighted by atomic mass is 19.1. The van der Waals surface area contributed by atoms with Crippen LogP contribution in [-0.2, 0) is 4.79 Å². The predicted octanol–water partition coefficient (Wildman–Crippen LogP) is 1.80. The monoisotopic (exact) mass is 248 g/mol. The van der Waals surface area contributed by atoms with Crippen LogP contribution in [0.2, 0.25) is 0 Å². The summed E-state index contributed by atoms with van der Waals surface area (Å²) in [6.07, 6.45) is 1.58. The van der Waals surface area contributed by atoms with E-state index in [0.717, 1.165) is 6.07 Å². The van der Waals surface area contributed by atoms with Crippen LogP contribution in [-0.4, -0.2) is 30.7 Å². The van der Waals surface area contributed by atoms with Gasteiger partial charge in [0.2, 0.25) is 5.91 Å². The Hall–Kier alpha value is -2.17. The van der Waals surface area contributed by atoms with E-state index in [1.807, 2.05) is 0 Å². The highest BCUT2D eigenvalue weighted by Crippen LogP contribution is 2.25. The Morgan fingerprint density at radius 3 is 2.72 bits per heavy atom. The minimum atomic E-state index is -0.498. The van der Waals surface area contributed by atoms with Crippen LogP contribution in [0.3, 0.4) is 0 Å². The first kappa shape index (κ1) is 12.3. The van der Waals surface area contributed by atoms with Crippen molar-refractivity contribution in [1.29, 1.82) is 0 Å². The number of rotatable bonds is 1. The molecule has 1 aromatic rings. The summed E-state index contributed by atoms with van der Waals surface area (Å²) in [5.41, 5.74) is 0.893. The number of fused-ring (bicyclic) bond motifs is 1. The molecule has 0 aromatic heterocycles. The zero-order chi connectivity index (χ0) is 13.3. The predicted molar refractivity (Wildman–Crippen MR) is 65.7 cm³/mol. The lowest BCUT2D eigenvalue weighted by Crippen LogP contribution is -2.12. The van der Waals surface area contributed by atoms with Crippen LogP contribution >= 0.6 is 0 Å². The molecule has 94 valence electrons. The van der Waals surface area contributed by atoms with Crippen LogP contribution in [0.15, 0.2) is 30.0 Å². The van der Waals surface area contributed by atoms with E-state index in [4.69, 9.17) is 0 Å². The molecule has 1 aromatic carbocycles. The van der Waals surface area contributed by atoms with Crippen molar-refractivity contribution in [2.75, 3.05) is 19.4 Å².